The molecule has 0 radical (unpaired) electrons. The van der Waals surface area contributed by atoms with Crippen molar-refractivity contribution < 1.29 is 4.79 Å². The molecule has 0 bridgehead atoms. The standard InChI is InChI=1S/C20H26N2O/c1-14(2)12-16-4-8-18(9-5-16)15(3)22-20(23)13-17-6-10-19(21)11-7-17/h4-11,14-15H,12-13,21H2,1-3H3,(H,22,23). The van der Waals surface area contributed by atoms with Crippen LogP contribution < -0.4 is 11.1 Å². The lowest BCUT2D eigenvalue weighted by atomic mass is 10.00. The van der Waals surface area contributed by atoms with Gasteiger partial charge < -0.3 is 11.1 Å². The van der Waals surface area contributed by atoms with Gasteiger partial charge in [0.05, 0.1) is 12.5 Å². The minimum absolute atomic E-state index is 0.00406. The third-order valence-electron chi connectivity index (χ3n) is 3.85. The Labute approximate surface area is 138 Å². The fourth-order valence-electron chi connectivity index (χ4n) is 2.61. The summed E-state index contributed by atoms with van der Waals surface area (Å²) in [7, 11) is 0. The van der Waals surface area contributed by atoms with Crippen LogP contribution in [0.1, 0.15) is 43.5 Å². The van der Waals surface area contributed by atoms with Crippen LogP contribution in [0.3, 0.4) is 0 Å². The van der Waals surface area contributed by atoms with Crippen LogP contribution in [0.15, 0.2) is 48.5 Å². The van der Waals surface area contributed by atoms with Crippen LogP contribution >= 0.6 is 0 Å². The number of rotatable bonds is 6. The molecule has 2 rings (SSSR count). The first kappa shape index (κ1) is 17.1. The molecule has 0 heterocycles. The Balaban J connectivity index is 1.91. The summed E-state index contributed by atoms with van der Waals surface area (Å²) in [6.07, 6.45) is 1.45. The van der Waals surface area contributed by atoms with Crippen molar-refractivity contribution in [3.63, 3.8) is 0 Å². The van der Waals surface area contributed by atoms with Crippen molar-refractivity contribution in [1.82, 2.24) is 5.32 Å². The second-order valence-corrected chi connectivity index (χ2v) is 6.55. The van der Waals surface area contributed by atoms with E-state index in [0.29, 0.717) is 18.0 Å². The molecule has 1 unspecified atom stereocenters. The topological polar surface area (TPSA) is 55.1 Å². The molecule has 0 fully saturated rings. The smallest absolute Gasteiger partial charge is 0.224 e. The normalized spacial score (nSPS) is 12.2. The van der Waals surface area contributed by atoms with Crippen molar-refractivity contribution in [2.45, 2.75) is 39.7 Å². The van der Waals surface area contributed by atoms with E-state index in [1.807, 2.05) is 31.2 Å². The van der Waals surface area contributed by atoms with Crippen molar-refractivity contribution in [1.29, 1.82) is 0 Å². The number of benzene rings is 2. The van der Waals surface area contributed by atoms with Crippen LogP contribution in [-0.4, -0.2) is 5.91 Å². The van der Waals surface area contributed by atoms with Gasteiger partial charge in [0.1, 0.15) is 0 Å². The average Bonchev–Trinajstić information content (AvgIpc) is 2.49. The van der Waals surface area contributed by atoms with Crippen molar-refractivity contribution in [3.8, 4) is 0 Å². The molecule has 3 N–H and O–H groups in total. The van der Waals surface area contributed by atoms with Gasteiger partial charge in [-0.25, -0.2) is 0 Å². The lowest BCUT2D eigenvalue weighted by molar-refractivity contribution is -0.121. The predicted octanol–water partition coefficient (Wildman–Crippen LogP) is 3.89. The summed E-state index contributed by atoms with van der Waals surface area (Å²) in [6, 6.07) is 15.9. The number of hydrogen-bond donors (Lipinski definition) is 2. The van der Waals surface area contributed by atoms with Gasteiger partial charge in [-0.1, -0.05) is 50.2 Å². The summed E-state index contributed by atoms with van der Waals surface area (Å²) in [6.45, 7) is 6.44. The SMILES string of the molecule is CC(C)Cc1ccc(C(C)NC(=O)Cc2ccc(N)cc2)cc1. The second kappa shape index (κ2) is 7.82. The van der Waals surface area contributed by atoms with Gasteiger partial charge in [-0.2, -0.15) is 0 Å². The molecule has 0 aromatic heterocycles. The monoisotopic (exact) mass is 310 g/mol. The highest BCUT2D eigenvalue weighted by Gasteiger charge is 2.10. The summed E-state index contributed by atoms with van der Waals surface area (Å²) in [4.78, 5) is 12.2. The van der Waals surface area contributed by atoms with E-state index in [-0.39, 0.29) is 11.9 Å². The average molecular weight is 310 g/mol. The first-order valence-corrected chi connectivity index (χ1v) is 8.16. The molecule has 3 nitrogen and oxygen atoms in total. The number of anilines is 1. The molecule has 0 saturated carbocycles. The van der Waals surface area contributed by atoms with Crippen LogP contribution in [0.25, 0.3) is 0 Å². The summed E-state index contributed by atoms with van der Waals surface area (Å²) in [5.74, 6) is 0.673. The van der Waals surface area contributed by atoms with Crippen molar-refractivity contribution in [2.75, 3.05) is 5.73 Å². The van der Waals surface area contributed by atoms with Crippen molar-refractivity contribution in [3.05, 3.63) is 65.2 Å². The number of hydrogen-bond acceptors (Lipinski definition) is 2. The van der Waals surface area contributed by atoms with E-state index in [0.717, 1.165) is 17.5 Å². The maximum atomic E-state index is 12.2. The molecule has 23 heavy (non-hydrogen) atoms. The van der Waals surface area contributed by atoms with E-state index in [1.165, 1.54) is 5.56 Å². The highest BCUT2D eigenvalue weighted by atomic mass is 16.1. The minimum atomic E-state index is 0.00406. The van der Waals surface area contributed by atoms with E-state index in [9.17, 15) is 4.79 Å². The highest BCUT2D eigenvalue weighted by molar-refractivity contribution is 5.79. The van der Waals surface area contributed by atoms with E-state index < -0.39 is 0 Å². The third-order valence-corrected chi connectivity index (χ3v) is 3.85. The van der Waals surface area contributed by atoms with E-state index in [4.69, 9.17) is 5.73 Å². The minimum Gasteiger partial charge on any atom is -0.399 e. The Morgan fingerprint density at radius 3 is 2.09 bits per heavy atom. The molecule has 1 amide bonds. The molecule has 0 saturated heterocycles. The molecule has 0 spiro atoms. The Bertz CT molecular complexity index is 630. The molecule has 1 atom stereocenters. The first-order valence-electron chi connectivity index (χ1n) is 8.16. The summed E-state index contributed by atoms with van der Waals surface area (Å²) >= 11 is 0. The second-order valence-electron chi connectivity index (χ2n) is 6.55. The zero-order chi connectivity index (χ0) is 16.8. The highest BCUT2D eigenvalue weighted by Crippen LogP contribution is 2.16. The van der Waals surface area contributed by atoms with Gasteiger partial charge in [0, 0.05) is 5.69 Å². The molecular formula is C20H26N2O. The molecule has 0 aliphatic rings. The van der Waals surface area contributed by atoms with Gasteiger partial charge in [0.2, 0.25) is 5.91 Å². The van der Waals surface area contributed by atoms with E-state index in [2.05, 4.69) is 43.4 Å². The molecule has 0 aliphatic carbocycles. The molecule has 3 heteroatoms. The van der Waals surface area contributed by atoms with Crippen molar-refractivity contribution >= 4 is 11.6 Å². The lowest BCUT2D eigenvalue weighted by Gasteiger charge is -2.15. The Morgan fingerprint density at radius 2 is 1.52 bits per heavy atom. The maximum Gasteiger partial charge on any atom is 0.224 e. The maximum absolute atomic E-state index is 12.2. The predicted molar refractivity (Wildman–Crippen MR) is 96.1 cm³/mol. The van der Waals surface area contributed by atoms with Crippen LogP contribution in [0.4, 0.5) is 5.69 Å². The number of amides is 1. The summed E-state index contributed by atoms with van der Waals surface area (Å²) in [5.41, 5.74) is 9.80. The quantitative estimate of drug-likeness (QED) is 0.795. The third kappa shape index (κ3) is 5.44. The molecule has 122 valence electrons. The van der Waals surface area contributed by atoms with Gasteiger partial charge in [-0.05, 0) is 48.1 Å². The summed E-state index contributed by atoms with van der Waals surface area (Å²) < 4.78 is 0. The van der Waals surface area contributed by atoms with Crippen LogP contribution in [0, 0.1) is 5.92 Å². The van der Waals surface area contributed by atoms with Crippen LogP contribution in [-0.2, 0) is 17.6 Å². The zero-order valence-corrected chi connectivity index (χ0v) is 14.2. The van der Waals surface area contributed by atoms with E-state index in [1.54, 1.807) is 0 Å². The van der Waals surface area contributed by atoms with Crippen molar-refractivity contribution in [2.24, 2.45) is 5.92 Å². The molecular weight excluding hydrogens is 284 g/mol. The summed E-state index contributed by atoms with van der Waals surface area (Å²) in [5, 5.41) is 3.05. The number of nitrogen functional groups attached to an aromatic ring is 1. The van der Waals surface area contributed by atoms with Gasteiger partial charge in [0.25, 0.3) is 0 Å². The Kier molecular flexibility index (Phi) is 5.80. The zero-order valence-electron chi connectivity index (χ0n) is 14.2. The fourth-order valence-corrected chi connectivity index (χ4v) is 2.61. The van der Waals surface area contributed by atoms with E-state index >= 15 is 0 Å². The molecule has 2 aromatic rings. The number of carbonyl (C=O) groups excluding carboxylic acids is 1. The number of carbonyl (C=O) groups is 1. The fraction of sp³-hybridized carbons (Fsp3) is 0.350. The molecule has 0 aliphatic heterocycles. The van der Waals surface area contributed by atoms with Crippen LogP contribution in [0.2, 0.25) is 0 Å². The van der Waals surface area contributed by atoms with Gasteiger partial charge in [0.15, 0.2) is 0 Å². The molecule has 2 aromatic carbocycles. The van der Waals surface area contributed by atoms with Gasteiger partial charge in [-0.15, -0.1) is 0 Å². The lowest BCUT2D eigenvalue weighted by Crippen LogP contribution is -2.28. The largest absolute Gasteiger partial charge is 0.399 e. The Morgan fingerprint density at radius 1 is 0.957 bits per heavy atom. The van der Waals surface area contributed by atoms with Crippen LogP contribution in [0.5, 0.6) is 0 Å². The first-order chi connectivity index (χ1) is 10.9. The van der Waals surface area contributed by atoms with Gasteiger partial charge >= 0.3 is 0 Å². The number of nitrogens with two attached hydrogens (primary N) is 1. The van der Waals surface area contributed by atoms with Gasteiger partial charge in [-0.3, -0.25) is 4.79 Å². The Hall–Kier alpha value is -2.29. The number of nitrogens with one attached hydrogen (secondary N) is 1.